The zero-order valence-corrected chi connectivity index (χ0v) is 15.0. The maximum Gasteiger partial charge on any atom is 0.407 e. The number of ketones is 1. The third-order valence-electron chi connectivity index (χ3n) is 5.10. The van der Waals surface area contributed by atoms with Gasteiger partial charge in [0.2, 0.25) is 0 Å². The van der Waals surface area contributed by atoms with Crippen molar-refractivity contribution in [1.29, 1.82) is 0 Å². The molecule has 0 atom stereocenters. The molecule has 0 unspecified atom stereocenters. The fourth-order valence-corrected chi connectivity index (χ4v) is 3.70. The maximum absolute atomic E-state index is 13.5. The lowest BCUT2D eigenvalue weighted by Crippen LogP contribution is -2.48. The zero-order valence-electron chi connectivity index (χ0n) is 15.0. The normalized spacial score (nSPS) is 16.5. The van der Waals surface area contributed by atoms with Crippen LogP contribution in [0.5, 0.6) is 0 Å². The molecular weight excluding hydrogens is 365 g/mol. The van der Waals surface area contributed by atoms with Crippen molar-refractivity contribution in [1.82, 2.24) is 4.90 Å². The average Bonchev–Trinajstić information content (AvgIpc) is 2.93. The van der Waals surface area contributed by atoms with Crippen LogP contribution in [0.15, 0.2) is 42.5 Å². The second kappa shape index (κ2) is 6.95. The molecule has 0 saturated carbocycles. The van der Waals surface area contributed by atoms with Gasteiger partial charge in [-0.15, -0.1) is 0 Å². The number of halogens is 1. The summed E-state index contributed by atoms with van der Waals surface area (Å²) in [7, 11) is 0. The number of nitrogens with zero attached hydrogens (tertiary/aromatic N) is 3. The van der Waals surface area contributed by atoms with Gasteiger partial charge in [0.1, 0.15) is 5.82 Å². The predicted molar refractivity (Wildman–Crippen MR) is 100 cm³/mol. The molecule has 0 spiro atoms. The van der Waals surface area contributed by atoms with E-state index in [2.05, 4.69) is 0 Å². The molecule has 2 aromatic rings. The molecule has 2 amide bonds. The summed E-state index contributed by atoms with van der Waals surface area (Å²) < 4.78 is 13.5. The van der Waals surface area contributed by atoms with Gasteiger partial charge >= 0.3 is 6.09 Å². The Morgan fingerprint density at radius 1 is 1.00 bits per heavy atom. The van der Waals surface area contributed by atoms with Gasteiger partial charge in [-0.3, -0.25) is 9.59 Å². The Morgan fingerprint density at radius 2 is 1.68 bits per heavy atom. The smallest absolute Gasteiger partial charge is 0.407 e. The molecule has 28 heavy (non-hydrogen) atoms. The van der Waals surface area contributed by atoms with Gasteiger partial charge in [0, 0.05) is 26.2 Å². The Morgan fingerprint density at radius 3 is 2.36 bits per heavy atom. The molecule has 0 radical (unpaired) electrons. The first-order valence-corrected chi connectivity index (χ1v) is 8.92. The highest BCUT2D eigenvalue weighted by Crippen LogP contribution is 2.37. The number of carboxylic acid groups (broad SMARTS) is 1. The first-order valence-electron chi connectivity index (χ1n) is 8.92. The minimum absolute atomic E-state index is 0.103. The Hall–Kier alpha value is -3.42. The van der Waals surface area contributed by atoms with Gasteiger partial charge in [0.05, 0.1) is 23.5 Å². The number of hydrogen-bond acceptors (Lipinski definition) is 4. The van der Waals surface area contributed by atoms with Crippen LogP contribution in [-0.4, -0.2) is 54.0 Å². The highest BCUT2D eigenvalue weighted by Gasteiger charge is 2.39. The Balaban J connectivity index is 1.64. The third kappa shape index (κ3) is 3.06. The largest absolute Gasteiger partial charge is 0.465 e. The monoisotopic (exact) mass is 383 g/mol. The van der Waals surface area contributed by atoms with Gasteiger partial charge in [-0.2, -0.15) is 0 Å². The van der Waals surface area contributed by atoms with Crippen molar-refractivity contribution < 1.29 is 23.9 Å². The number of carbonyl (C=O) groups is 3. The van der Waals surface area contributed by atoms with Crippen LogP contribution in [0.25, 0.3) is 0 Å². The van der Waals surface area contributed by atoms with Crippen LogP contribution in [0.1, 0.15) is 15.9 Å². The predicted octanol–water partition coefficient (Wildman–Crippen LogP) is 2.36. The van der Waals surface area contributed by atoms with Crippen molar-refractivity contribution in [2.45, 2.75) is 6.54 Å². The van der Waals surface area contributed by atoms with Gasteiger partial charge in [0.15, 0.2) is 0 Å². The van der Waals surface area contributed by atoms with Gasteiger partial charge in [-0.1, -0.05) is 18.2 Å². The zero-order chi connectivity index (χ0) is 19.8. The molecular formula is C20H18FN3O4. The lowest BCUT2D eigenvalue weighted by Gasteiger charge is -2.35. The van der Waals surface area contributed by atoms with Crippen LogP contribution in [0.2, 0.25) is 0 Å². The first kappa shape index (κ1) is 18.0. The van der Waals surface area contributed by atoms with Crippen LogP contribution in [-0.2, 0) is 11.3 Å². The van der Waals surface area contributed by atoms with E-state index in [-0.39, 0.29) is 6.54 Å². The fraction of sp³-hybridized carbons (Fsp3) is 0.250. The number of piperazine rings is 1. The molecule has 2 aliphatic heterocycles. The number of hydrogen-bond donors (Lipinski definition) is 1. The van der Waals surface area contributed by atoms with E-state index in [1.54, 1.807) is 30.3 Å². The highest BCUT2D eigenvalue weighted by molar-refractivity contribution is 6.53. The molecule has 0 aliphatic carbocycles. The summed E-state index contributed by atoms with van der Waals surface area (Å²) >= 11 is 0. The summed E-state index contributed by atoms with van der Waals surface area (Å²) in [6.45, 7) is 1.64. The molecule has 2 aliphatic rings. The fourth-order valence-electron chi connectivity index (χ4n) is 3.70. The third-order valence-corrected chi connectivity index (χ3v) is 5.10. The Bertz CT molecular complexity index is 970. The number of amides is 2. The van der Waals surface area contributed by atoms with Crippen molar-refractivity contribution in [3.8, 4) is 0 Å². The molecule has 2 aromatic carbocycles. The lowest BCUT2D eigenvalue weighted by atomic mass is 10.1. The first-order chi connectivity index (χ1) is 13.5. The molecule has 0 aromatic heterocycles. The summed E-state index contributed by atoms with van der Waals surface area (Å²) in [4.78, 5) is 41.0. The highest BCUT2D eigenvalue weighted by atomic mass is 19.1. The van der Waals surface area contributed by atoms with Crippen LogP contribution in [0.4, 0.5) is 20.6 Å². The van der Waals surface area contributed by atoms with E-state index in [1.165, 1.54) is 21.9 Å². The molecule has 8 heteroatoms. The average molecular weight is 383 g/mol. The van der Waals surface area contributed by atoms with E-state index in [9.17, 15) is 18.8 Å². The molecule has 7 nitrogen and oxygen atoms in total. The van der Waals surface area contributed by atoms with Crippen molar-refractivity contribution >= 4 is 29.2 Å². The van der Waals surface area contributed by atoms with E-state index >= 15 is 0 Å². The summed E-state index contributed by atoms with van der Waals surface area (Å²) in [5.74, 6) is -1.64. The number of carbonyl (C=O) groups excluding carboxylic acids is 2. The topological polar surface area (TPSA) is 81.2 Å². The van der Waals surface area contributed by atoms with Gasteiger partial charge in [-0.25, -0.2) is 9.18 Å². The summed E-state index contributed by atoms with van der Waals surface area (Å²) in [5.41, 5.74) is 2.04. The van der Waals surface area contributed by atoms with Gasteiger partial charge < -0.3 is 19.8 Å². The van der Waals surface area contributed by atoms with Crippen molar-refractivity contribution in [3.63, 3.8) is 0 Å². The van der Waals surface area contributed by atoms with Crippen LogP contribution in [0.3, 0.4) is 0 Å². The molecule has 4 rings (SSSR count). The van der Waals surface area contributed by atoms with E-state index in [0.717, 1.165) is 0 Å². The van der Waals surface area contributed by atoms with Gasteiger partial charge in [0.25, 0.3) is 11.7 Å². The van der Waals surface area contributed by atoms with Crippen molar-refractivity contribution in [2.24, 2.45) is 0 Å². The number of rotatable bonds is 3. The van der Waals surface area contributed by atoms with E-state index in [4.69, 9.17) is 5.11 Å². The summed E-state index contributed by atoms with van der Waals surface area (Å²) in [6, 6.07) is 11.2. The van der Waals surface area contributed by atoms with Crippen LogP contribution >= 0.6 is 0 Å². The quantitative estimate of drug-likeness (QED) is 0.823. The Labute approximate surface area is 160 Å². The second-order valence-electron chi connectivity index (χ2n) is 6.78. The maximum atomic E-state index is 13.5. The van der Waals surface area contributed by atoms with E-state index < -0.39 is 23.6 Å². The van der Waals surface area contributed by atoms with Crippen molar-refractivity contribution in [2.75, 3.05) is 36.0 Å². The van der Waals surface area contributed by atoms with Crippen molar-refractivity contribution in [3.05, 3.63) is 59.4 Å². The SMILES string of the molecule is O=C1C(=O)N(Cc2cccc(F)c2)c2cccc(N3CCN(C(=O)O)CC3)c21. The summed E-state index contributed by atoms with van der Waals surface area (Å²) in [5, 5.41) is 9.10. The molecule has 1 fully saturated rings. The molecule has 144 valence electrons. The minimum Gasteiger partial charge on any atom is -0.465 e. The summed E-state index contributed by atoms with van der Waals surface area (Å²) in [6.07, 6.45) is -0.967. The lowest BCUT2D eigenvalue weighted by molar-refractivity contribution is -0.114. The standard InChI is InChI=1S/C20H18FN3O4/c21-14-4-1-3-13(11-14)12-24-16-6-2-5-15(17(16)18(25)19(24)26)22-7-9-23(10-8-22)20(27)28/h1-6,11H,7-10,12H2,(H,27,28). The number of benzene rings is 2. The van der Waals surface area contributed by atoms with E-state index in [0.29, 0.717) is 48.7 Å². The van der Waals surface area contributed by atoms with Gasteiger partial charge in [-0.05, 0) is 29.8 Å². The molecule has 1 saturated heterocycles. The number of fused-ring (bicyclic) bond motifs is 1. The van der Waals surface area contributed by atoms with Crippen LogP contribution in [0, 0.1) is 5.82 Å². The second-order valence-corrected chi connectivity index (χ2v) is 6.78. The Kier molecular flexibility index (Phi) is 4.46. The van der Waals surface area contributed by atoms with Crippen LogP contribution < -0.4 is 9.80 Å². The minimum atomic E-state index is -0.967. The van der Waals surface area contributed by atoms with E-state index in [1.807, 2.05) is 4.90 Å². The molecule has 2 heterocycles. The number of Topliss-reactive ketones (excluding diaryl/α,β-unsaturated/α-hetero) is 1. The number of anilines is 2. The molecule has 0 bridgehead atoms. The molecule has 1 N–H and O–H groups in total.